The molecule has 4 N–H and O–H groups in total. The number of nitrogens with zero attached hydrogens (tertiary/aromatic N) is 1. The number of hydrogen-bond acceptors (Lipinski definition) is 6. The summed E-state index contributed by atoms with van der Waals surface area (Å²) in [6.45, 7) is 3.52. The van der Waals surface area contributed by atoms with E-state index in [4.69, 9.17) is 15.2 Å². The summed E-state index contributed by atoms with van der Waals surface area (Å²) in [5.41, 5.74) is 8.97. The van der Waals surface area contributed by atoms with Gasteiger partial charge in [-0.25, -0.2) is 0 Å². The molecule has 2 aliphatic rings. The maximum Gasteiger partial charge on any atom is 0.161 e. The van der Waals surface area contributed by atoms with Crippen LogP contribution in [0.1, 0.15) is 35.6 Å². The summed E-state index contributed by atoms with van der Waals surface area (Å²) in [6, 6.07) is 11.6. The minimum atomic E-state index is -0.224. The van der Waals surface area contributed by atoms with Gasteiger partial charge in [-0.15, -0.1) is 0 Å². The first-order valence-corrected chi connectivity index (χ1v) is 10.8. The van der Waals surface area contributed by atoms with Crippen LogP contribution in [-0.2, 0) is 17.6 Å². The SMILES string of the molecule is COc1ccc(CCN2CCC(C3Cc4c(ccc(O)c4O)C(CN)O3)CC2)cc1. The summed E-state index contributed by atoms with van der Waals surface area (Å²) in [4.78, 5) is 2.52. The molecule has 6 heteroatoms. The molecular weight excluding hydrogens is 380 g/mol. The largest absolute Gasteiger partial charge is 0.504 e. The second-order valence-electron chi connectivity index (χ2n) is 8.38. The minimum absolute atomic E-state index is 0.0174. The van der Waals surface area contributed by atoms with Gasteiger partial charge in [0.25, 0.3) is 0 Å². The minimum Gasteiger partial charge on any atom is -0.504 e. The van der Waals surface area contributed by atoms with E-state index in [1.807, 2.05) is 18.2 Å². The third-order valence-corrected chi connectivity index (χ3v) is 6.64. The van der Waals surface area contributed by atoms with Crippen LogP contribution in [0.3, 0.4) is 0 Å². The number of hydrogen-bond donors (Lipinski definition) is 3. The Kier molecular flexibility index (Phi) is 6.46. The molecule has 2 atom stereocenters. The van der Waals surface area contributed by atoms with Crippen molar-refractivity contribution in [1.82, 2.24) is 4.90 Å². The first kappa shape index (κ1) is 21.0. The van der Waals surface area contributed by atoms with E-state index in [1.165, 1.54) is 11.6 Å². The van der Waals surface area contributed by atoms with Crippen LogP contribution in [0.4, 0.5) is 0 Å². The lowest BCUT2D eigenvalue weighted by Crippen LogP contribution is -2.42. The van der Waals surface area contributed by atoms with Crippen molar-refractivity contribution in [2.75, 3.05) is 33.3 Å². The first-order valence-electron chi connectivity index (χ1n) is 10.8. The van der Waals surface area contributed by atoms with Crippen molar-refractivity contribution in [3.8, 4) is 17.2 Å². The van der Waals surface area contributed by atoms with E-state index in [0.717, 1.165) is 55.8 Å². The number of phenolic OH excluding ortho intramolecular Hbond substituents is 2. The van der Waals surface area contributed by atoms with Gasteiger partial charge in [-0.05, 0) is 67.6 Å². The lowest BCUT2D eigenvalue weighted by Gasteiger charge is -2.40. The topological polar surface area (TPSA) is 88.2 Å². The summed E-state index contributed by atoms with van der Waals surface area (Å²) in [5.74, 6) is 1.24. The van der Waals surface area contributed by atoms with Crippen LogP contribution in [0.15, 0.2) is 36.4 Å². The smallest absolute Gasteiger partial charge is 0.161 e. The fraction of sp³-hybridized carbons (Fsp3) is 0.500. The molecule has 0 aliphatic carbocycles. The Labute approximate surface area is 178 Å². The number of phenols is 2. The zero-order valence-electron chi connectivity index (χ0n) is 17.6. The third kappa shape index (κ3) is 4.41. The van der Waals surface area contributed by atoms with Gasteiger partial charge in [0.05, 0.1) is 19.3 Å². The van der Waals surface area contributed by atoms with Crippen molar-refractivity contribution < 1.29 is 19.7 Å². The molecule has 1 fully saturated rings. The molecule has 1 saturated heterocycles. The Balaban J connectivity index is 1.33. The van der Waals surface area contributed by atoms with E-state index in [0.29, 0.717) is 18.9 Å². The normalized spacial score (nSPS) is 22.6. The van der Waals surface area contributed by atoms with Crippen LogP contribution in [0.5, 0.6) is 17.2 Å². The van der Waals surface area contributed by atoms with Crippen LogP contribution in [0, 0.1) is 5.92 Å². The van der Waals surface area contributed by atoms with E-state index in [9.17, 15) is 10.2 Å². The Morgan fingerprint density at radius 3 is 2.50 bits per heavy atom. The summed E-state index contributed by atoms with van der Waals surface area (Å²) in [7, 11) is 1.69. The Morgan fingerprint density at radius 2 is 1.83 bits per heavy atom. The van der Waals surface area contributed by atoms with Crippen molar-refractivity contribution in [3.05, 3.63) is 53.1 Å². The van der Waals surface area contributed by atoms with E-state index >= 15 is 0 Å². The fourth-order valence-corrected chi connectivity index (χ4v) is 4.78. The molecule has 30 heavy (non-hydrogen) atoms. The van der Waals surface area contributed by atoms with Crippen molar-refractivity contribution in [3.63, 3.8) is 0 Å². The molecule has 162 valence electrons. The molecule has 0 aromatic heterocycles. The zero-order chi connectivity index (χ0) is 21.1. The van der Waals surface area contributed by atoms with E-state index in [1.54, 1.807) is 7.11 Å². The van der Waals surface area contributed by atoms with Crippen molar-refractivity contribution in [1.29, 1.82) is 0 Å². The van der Waals surface area contributed by atoms with Crippen LogP contribution in [-0.4, -0.2) is 54.5 Å². The number of nitrogens with two attached hydrogens (primary N) is 1. The highest BCUT2D eigenvalue weighted by molar-refractivity contribution is 5.51. The quantitative estimate of drug-likeness (QED) is 0.632. The molecular formula is C24H32N2O4. The average molecular weight is 413 g/mol. The van der Waals surface area contributed by atoms with Gasteiger partial charge in [-0.3, -0.25) is 0 Å². The lowest BCUT2D eigenvalue weighted by atomic mass is 9.83. The summed E-state index contributed by atoms with van der Waals surface area (Å²) in [6.07, 6.45) is 3.60. The van der Waals surface area contributed by atoms with Crippen LogP contribution in [0.2, 0.25) is 0 Å². The molecule has 0 radical (unpaired) electrons. The molecule has 0 spiro atoms. The van der Waals surface area contributed by atoms with E-state index in [2.05, 4.69) is 17.0 Å². The van der Waals surface area contributed by atoms with Gasteiger partial charge in [-0.1, -0.05) is 18.2 Å². The first-order chi connectivity index (χ1) is 14.6. The summed E-state index contributed by atoms with van der Waals surface area (Å²) in [5, 5.41) is 20.3. The maximum absolute atomic E-state index is 10.4. The Bertz CT molecular complexity index is 847. The Morgan fingerprint density at radius 1 is 1.10 bits per heavy atom. The fourth-order valence-electron chi connectivity index (χ4n) is 4.78. The molecule has 0 bridgehead atoms. The molecule has 2 unspecified atom stereocenters. The highest BCUT2D eigenvalue weighted by Crippen LogP contribution is 2.42. The van der Waals surface area contributed by atoms with E-state index < -0.39 is 0 Å². The Hall–Kier alpha value is -2.28. The number of aromatic hydroxyl groups is 2. The maximum atomic E-state index is 10.4. The molecule has 2 aromatic rings. The number of piperidine rings is 1. The summed E-state index contributed by atoms with van der Waals surface area (Å²) < 4.78 is 11.6. The number of likely N-dealkylation sites (tertiary alicyclic amines) is 1. The number of methoxy groups -OCH3 is 1. The van der Waals surface area contributed by atoms with E-state index in [-0.39, 0.29) is 23.7 Å². The van der Waals surface area contributed by atoms with Gasteiger partial charge in [0.1, 0.15) is 5.75 Å². The van der Waals surface area contributed by atoms with Gasteiger partial charge < -0.3 is 30.3 Å². The van der Waals surface area contributed by atoms with Crippen molar-refractivity contribution in [2.24, 2.45) is 11.7 Å². The number of benzene rings is 2. The van der Waals surface area contributed by atoms with Crippen molar-refractivity contribution in [2.45, 2.75) is 37.9 Å². The van der Waals surface area contributed by atoms with Gasteiger partial charge in [0, 0.05) is 25.1 Å². The monoisotopic (exact) mass is 412 g/mol. The summed E-state index contributed by atoms with van der Waals surface area (Å²) >= 11 is 0. The van der Waals surface area contributed by atoms with Crippen molar-refractivity contribution >= 4 is 0 Å². The van der Waals surface area contributed by atoms with Gasteiger partial charge in [0.15, 0.2) is 11.5 Å². The van der Waals surface area contributed by atoms with Crippen LogP contribution < -0.4 is 10.5 Å². The van der Waals surface area contributed by atoms with Crippen LogP contribution >= 0.6 is 0 Å². The number of ether oxygens (including phenoxy) is 2. The second kappa shape index (κ2) is 9.25. The average Bonchev–Trinajstić information content (AvgIpc) is 2.80. The molecule has 6 nitrogen and oxygen atoms in total. The predicted molar refractivity (Wildman–Crippen MR) is 116 cm³/mol. The van der Waals surface area contributed by atoms with Gasteiger partial charge >= 0.3 is 0 Å². The zero-order valence-corrected chi connectivity index (χ0v) is 17.6. The lowest BCUT2D eigenvalue weighted by molar-refractivity contribution is -0.0646. The molecule has 2 aromatic carbocycles. The predicted octanol–water partition coefficient (Wildman–Crippen LogP) is 3.00. The number of rotatable bonds is 6. The van der Waals surface area contributed by atoms with Gasteiger partial charge in [0.2, 0.25) is 0 Å². The molecule has 0 saturated carbocycles. The van der Waals surface area contributed by atoms with Crippen LogP contribution in [0.25, 0.3) is 0 Å². The third-order valence-electron chi connectivity index (χ3n) is 6.64. The molecule has 2 aliphatic heterocycles. The molecule has 4 rings (SSSR count). The molecule has 0 amide bonds. The molecule has 2 heterocycles. The number of fused-ring (bicyclic) bond motifs is 1. The standard InChI is InChI=1S/C24H32N2O4/c1-29-18-4-2-16(3-5-18)8-11-26-12-9-17(10-13-26)22-14-20-19(23(15-25)30-22)6-7-21(27)24(20)28/h2-7,17,22-23,27-28H,8-15,25H2,1H3. The second-order valence-corrected chi connectivity index (χ2v) is 8.38. The highest BCUT2D eigenvalue weighted by atomic mass is 16.5. The highest BCUT2D eigenvalue weighted by Gasteiger charge is 2.35. The van der Waals surface area contributed by atoms with Gasteiger partial charge in [-0.2, -0.15) is 0 Å².